The Morgan fingerprint density at radius 2 is 1.75 bits per heavy atom. The molecule has 1 aliphatic rings. The fraction of sp³-hybridized carbons (Fsp3) is 0.304. The zero-order valence-corrected chi connectivity index (χ0v) is 19.1. The van der Waals surface area contributed by atoms with Crippen LogP contribution < -0.4 is 5.32 Å². The van der Waals surface area contributed by atoms with Crippen molar-refractivity contribution in [3.8, 4) is 5.69 Å². The zero-order chi connectivity index (χ0) is 22.6. The molecule has 168 valence electrons. The van der Waals surface area contributed by atoms with E-state index in [9.17, 15) is 13.2 Å². The first-order valence-corrected chi connectivity index (χ1v) is 12.5. The second-order valence-electron chi connectivity index (χ2n) is 7.84. The number of nitrogens with one attached hydrogen (secondary N) is 1. The lowest BCUT2D eigenvalue weighted by Crippen LogP contribution is -2.43. The van der Waals surface area contributed by atoms with Crippen LogP contribution in [0.3, 0.4) is 0 Å². The van der Waals surface area contributed by atoms with Crippen LogP contribution in [0.25, 0.3) is 5.69 Å². The molecule has 9 heteroatoms. The summed E-state index contributed by atoms with van der Waals surface area (Å²) in [4.78, 5) is 16.8. The van der Waals surface area contributed by atoms with Crippen molar-refractivity contribution in [3.05, 3.63) is 83.4 Å². The Morgan fingerprint density at radius 1 is 1.06 bits per heavy atom. The summed E-state index contributed by atoms with van der Waals surface area (Å²) < 4.78 is 29.0. The normalized spacial score (nSPS) is 15.5. The van der Waals surface area contributed by atoms with E-state index in [1.807, 2.05) is 35.0 Å². The highest BCUT2D eigenvalue weighted by Crippen LogP contribution is 2.24. The summed E-state index contributed by atoms with van der Waals surface area (Å²) in [6, 6.07) is 14.8. The van der Waals surface area contributed by atoms with E-state index in [-0.39, 0.29) is 17.6 Å². The van der Waals surface area contributed by atoms with Gasteiger partial charge in [-0.1, -0.05) is 48.0 Å². The lowest BCUT2D eigenvalue weighted by Gasteiger charge is -2.30. The summed E-state index contributed by atoms with van der Waals surface area (Å²) in [6.07, 6.45) is 6.29. The molecule has 1 amide bonds. The summed E-state index contributed by atoms with van der Waals surface area (Å²) in [7, 11) is -3.49. The fourth-order valence-corrected chi connectivity index (χ4v) is 5.82. The number of benzene rings is 2. The van der Waals surface area contributed by atoms with Crippen LogP contribution in [0.15, 0.2) is 67.3 Å². The van der Waals surface area contributed by atoms with Crippen molar-refractivity contribution in [2.75, 3.05) is 13.1 Å². The molecule has 2 heterocycles. The van der Waals surface area contributed by atoms with Gasteiger partial charge in [0.2, 0.25) is 15.9 Å². The van der Waals surface area contributed by atoms with Crippen molar-refractivity contribution in [2.45, 2.75) is 25.1 Å². The SMILES string of the molecule is O=C(NCc1ccccc1-n1ccnc1)C1CCN(S(=O)(=O)Cc2ccccc2Cl)CC1. The molecule has 7 nitrogen and oxygen atoms in total. The third-order valence-corrected chi connectivity index (χ3v) is 7.94. The molecule has 1 saturated heterocycles. The molecule has 1 aliphatic heterocycles. The fourth-order valence-electron chi connectivity index (χ4n) is 3.94. The topological polar surface area (TPSA) is 84.3 Å². The molecule has 2 aromatic carbocycles. The van der Waals surface area contributed by atoms with Gasteiger partial charge >= 0.3 is 0 Å². The highest BCUT2D eigenvalue weighted by Gasteiger charge is 2.31. The minimum absolute atomic E-state index is 0.0476. The van der Waals surface area contributed by atoms with Crippen LogP contribution in [0.4, 0.5) is 0 Å². The minimum Gasteiger partial charge on any atom is -0.352 e. The van der Waals surface area contributed by atoms with E-state index in [1.54, 1.807) is 36.8 Å². The van der Waals surface area contributed by atoms with Gasteiger partial charge in [-0.15, -0.1) is 0 Å². The molecule has 0 radical (unpaired) electrons. The summed E-state index contributed by atoms with van der Waals surface area (Å²) in [5.74, 6) is -0.384. The Hall–Kier alpha value is -2.68. The molecule has 0 saturated carbocycles. The van der Waals surface area contributed by atoms with Crippen LogP contribution in [0.5, 0.6) is 0 Å². The quantitative estimate of drug-likeness (QED) is 0.571. The van der Waals surface area contributed by atoms with Gasteiger partial charge in [0.1, 0.15) is 0 Å². The Labute approximate surface area is 193 Å². The predicted molar refractivity (Wildman–Crippen MR) is 124 cm³/mol. The third kappa shape index (κ3) is 5.20. The van der Waals surface area contributed by atoms with Gasteiger partial charge in [-0.25, -0.2) is 17.7 Å². The number of imidazole rings is 1. The maximum absolute atomic E-state index is 12.8. The largest absolute Gasteiger partial charge is 0.352 e. The Bertz CT molecular complexity index is 1170. The predicted octanol–water partition coefficient (Wildman–Crippen LogP) is 3.38. The highest BCUT2D eigenvalue weighted by molar-refractivity contribution is 7.88. The van der Waals surface area contributed by atoms with Gasteiger partial charge in [0.05, 0.1) is 17.8 Å². The number of rotatable bonds is 7. The van der Waals surface area contributed by atoms with E-state index in [4.69, 9.17) is 11.6 Å². The summed E-state index contributed by atoms with van der Waals surface area (Å²) in [6.45, 7) is 1.06. The Balaban J connectivity index is 1.32. The third-order valence-electron chi connectivity index (χ3n) is 5.74. The molecule has 1 N–H and O–H groups in total. The van der Waals surface area contributed by atoms with Crippen molar-refractivity contribution < 1.29 is 13.2 Å². The average molecular weight is 473 g/mol. The first-order valence-electron chi connectivity index (χ1n) is 10.5. The van der Waals surface area contributed by atoms with Crippen molar-refractivity contribution in [3.63, 3.8) is 0 Å². The zero-order valence-electron chi connectivity index (χ0n) is 17.5. The van der Waals surface area contributed by atoms with Gasteiger partial charge in [-0.05, 0) is 36.1 Å². The number of halogens is 1. The molecule has 0 atom stereocenters. The number of hydrogen-bond acceptors (Lipinski definition) is 4. The molecule has 1 aromatic heterocycles. The van der Waals surface area contributed by atoms with Gasteiger partial charge in [0.25, 0.3) is 0 Å². The monoisotopic (exact) mass is 472 g/mol. The lowest BCUT2D eigenvalue weighted by atomic mass is 9.97. The molecular formula is C23H25ClN4O3S. The van der Waals surface area contributed by atoms with Gasteiger partial charge in [-0.2, -0.15) is 0 Å². The maximum atomic E-state index is 12.8. The van der Waals surface area contributed by atoms with Crippen molar-refractivity contribution in [2.24, 2.45) is 5.92 Å². The molecule has 0 unspecified atom stereocenters. The lowest BCUT2D eigenvalue weighted by molar-refractivity contribution is -0.126. The van der Waals surface area contributed by atoms with E-state index < -0.39 is 10.0 Å². The van der Waals surface area contributed by atoms with E-state index in [1.165, 1.54) is 4.31 Å². The number of nitrogens with zero attached hydrogens (tertiary/aromatic N) is 3. The molecule has 4 rings (SSSR count). The Morgan fingerprint density at radius 3 is 2.44 bits per heavy atom. The first-order chi connectivity index (χ1) is 15.4. The van der Waals surface area contributed by atoms with Crippen molar-refractivity contribution in [1.82, 2.24) is 19.2 Å². The molecule has 1 fully saturated rings. The number of carbonyl (C=O) groups is 1. The molecule has 0 bridgehead atoms. The van der Waals surface area contributed by atoms with Gasteiger partial charge in [0, 0.05) is 43.0 Å². The van der Waals surface area contributed by atoms with Gasteiger partial charge in [-0.3, -0.25) is 4.79 Å². The average Bonchev–Trinajstić information content (AvgIpc) is 3.34. The summed E-state index contributed by atoms with van der Waals surface area (Å²) in [5.41, 5.74) is 2.54. The molecular weight excluding hydrogens is 448 g/mol. The van der Waals surface area contributed by atoms with E-state index in [0.29, 0.717) is 43.1 Å². The Kier molecular flexibility index (Phi) is 6.93. The van der Waals surface area contributed by atoms with Gasteiger partial charge in [0.15, 0.2) is 0 Å². The molecule has 0 aliphatic carbocycles. The van der Waals surface area contributed by atoms with E-state index in [0.717, 1.165) is 11.3 Å². The van der Waals surface area contributed by atoms with Gasteiger partial charge < -0.3 is 9.88 Å². The second kappa shape index (κ2) is 9.85. The van der Waals surface area contributed by atoms with Crippen molar-refractivity contribution >= 4 is 27.5 Å². The van der Waals surface area contributed by atoms with E-state index >= 15 is 0 Å². The second-order valence-corrected chi connectivity index (χ2v) is 10.2. The molecule has 32 heavy (non-hydrogen) atoms. The van der Waals surface area contributed by atoms with Crippen LogP contribution in [-0.2, 0) is 27.1 Å². The first kappa shape index (κ1) is 22.5. The summed E-state index contributed by atoms with van der Waals surface area (Å²) >= 11 is 6.12. The van der Waals surface area contributed by atoms with Crippen molar-refractivity contribution in [1.29, 1.82) is 0 Å². The standard InChI is InChI=1S/C23H25ClN4O3S/c24-21-7-3-1-6-20(21)16-32(30,31)28-12-9-18(10-13-28)23(29)26-15-19-5-2-4-8-22(19)27-14-11-25-17-27/h1-8,11,14,17-18H,9-10,12-13,15-16H2,(H,26,29). The number of hydrogen-bond donors (Lipinski definition) is 1. The molecule has 3 aromatic rings. The maximum Gasteiger partial charge on any atom is 0.223 e. The highest BCUT2D eigenvalue weighted by atomic mass is 35.5. The number of carbonyl (C=O) groups excluding carboxylic acids is 1. The van der Waals surface area contributed by atoms with E-state index in [2.05, 4.69) is 10.3 Å². The number of sulfonamides is 1. The van der Waals surface area contributed by atoms with Crippen LogP contribution in [0.1, 0.15) is 24.0 Å². The summed E-state index contributed by atoms with van der Waals surface area (Å²) in [5, 5.41) is 3.46. The van der Waals surface area contributed by atoms with Crippen LogP contribution in [0.2, 0.25) is 5.02 Å². The number of aromatic nitrogens is 2. The molecule has 0 spiro atoms. The minimum atomic E-state index is -3.49. The van der Waals surface area contributed by atoms with Crippen LogP contribution in [-0.4, -0.2) is 41.3 Å². The number of para-hydroxylation sites is 1. The van der Waals surface area contributed by atoms with Crippen LogP contribution >= 0.6 is 11.6 Å². The smallest absolute Gasteiger partial charge is 0.223 e. The van der Waals surface area contributed by atoms with Crippen LogP contribution in [0, 0.1) is 5.92 Å². The number of amides is 1. The number of piperidine rings is 1.